The zero-order valence-electron chi connectivity index (χ0n) is 28.4. The lowest BCUT2D eigenvalue weighted by Gasteiger charge is -2.27. The molecule has 12 rings (SSSR count). The van der Waals surface area contributed by atoms with Gasteiger partial charge in [-0.05, 0) is 64.4 Å². The van der Waals surface area contributed by atoms with Crippen molar-refractivity contribution < 1.29 is 4.42 Å². The molecule has 0 radical (unpaired) electrons. The Morgan fingerprint density at radius 2 is 1.32 bits per heavy atom. The molecule has 1 N–H and O–H groups in total. The van der Waals surface area contributed by atoms with Gasteiger partial charge in [-0.3, -0.25) is 4.57 Å². The van der Waals surface area contributed by atoms with Crippen LogP contribution in [-0.4, -0.2) is 10.5 Å². The summed E-state index contributed by atoms with van der Waals surface area (Å²) in [6.45, 7) is 0. The number of para-hydroxylation sites is 2. The highest BCUT2D eigenvalue weighted by atomic mass is 32.1. The highest BCUT2D eigenvalue weighted by molar-refractivity contribution is 7.26. The first-order valence-electron chi connectivity index (χ1n) is 18.0. The zero-order valence-corrected chi connectivity index (χ0v) is 29.2. The highest BCUT2D eigenvalue weighted by Gasteiger charge is 2.28. The molecule has 53 heavy (non-hydrogen) atoms. The summed E-state index contributed by atoms with van der Waals surface area (Å²) >= 11 is 1.86. The van der Waals surface area contributed by atoms with Crippen LogP contribution in [0.2, 0.25) is 0 Å². The lowest BCUT2D eigenvalue weighted by atomic mass is 9.91. The average molecular weight is 696 g/mol. The van der Waals surface area contributed by atoms with Gasteiger partial charge in [0.2, 0.25) is 5.96 Å². The maximum absolute atomic E-state index is 6.75. The number of furan rings is 1. The van der Waals surface area contributed by atoms with Crippen molar-refractivity contribution in [2.45, 2.75) is 6.04 Å². The topological polar surface area (TPSA) is 42.5 Å². The van der Waals surface area contributed by atoms with Gasteiger partial charge in [0.05, 0.1) is 15.7 Å². The van der Waals surface area contributed by atoms with Crippen LogP contribution in [0.15, 0.2) is 173 Å². The normalized spacial score (nSPS) is 14.5. The van der Waals surface area contributed by atoms with Crippen molar-refractivity contribution in [2.75, 3.05) is 5.32 Å². The van der Waals surface area contributed by atoms with Gasteiger partial charge in [0.25, 0.3) is 0 Å². The van der Waals surface area contributed by atoms with Crippen molar-refractivity contribution in [1.29, 1.82) is 0 Å². The lowest BCUT2D eigenvalue weighted by Crippen LogP contribution is -2.27. The number of benzene rings is 8. The fourth-order valence-electron chi connectivity index (χ4n) is 8.59. The third kappa shape index (κ3) is 4.20. The van der Waals surface area contributed by atoms with Crippen LogP contribution in [0.5, 0.6) is 0 Å². The molecule has 4 heterocycles. The number of hydrogen-bond donors (Lipinski definition) is 1. The quantitative estimate of drug-likeness (QED) is 0.196. The molecule has 8 aromatic carbocycles. The van der Waals surface area contributed by atoms with Crippen LogP contribution in [0.1, 0.15) is 17.2 Å². The van der Waals surface area contributed by atoms with Gasteiger partial charge in [-0.2, -0.15) is 0 Å². The number of thiophene rings is 1. The summed E-state index contributed by atoms with van der Waals surface area (Å²) in [6, 6.07) is 58.5. The molecule has 0 saturated carbocycles. The van der Waals surface area contributed by atoms with Crippen molar-refractivity contribution in [2.24, 2.45) is 4.99 Å². The number of aromatic nitrogens is 1. The van der Waals surface area contributed by atoms with E-state index in [9.17, 15) is 0 Å². The lowest BCUT2D eigenvalue weighted by molar-refractivity contribution is 0.670. The van der Waals surface area contributed by atoms with Crippen LogP contribution in [0.4, 0.5) is 5.69 Å². The maximum atomic E-state index is 6.75. The smallest absolute Gasteiger partial charge is 0.208 e. The monoisotopic (exact) mass is 695 g/mol. The first-order chi connectivity index (χ1) is 26.3. The Morgan fingerprint density at radius 3 is 2.23 bits per heavy atom. The second kappa shape index (κ2) is 10.9. The van der Waals surface area contributed by atoms with E-state index in [0.29, 0.717) is 0 Å². The molecule has 0 fully saturated rings. The summed E-state index contributed by atoms with van der Waals surface area (Å²) in [6.07, 6.45) is 0. The van der Waals surface area contributed by atoms with Crippen LogP contribution in [0.3, 0.4) is 0 Å². The third-order valence-electron chi connectivity index (χ3n) is 11.0. The summed E-state index contributed by atoms with van der Waals surface area (Å²) in [5, 5.41) is 13.4. The molecule has 248 valence electrons. The Labute approximate surface area is 307 Å². The van der Waals surface area contributed by atoms with E-state index in [1.54, 1.807) is 0 Å². The number of hydrogen-bond acceptors (Lipinski definition) is 4. The summed E-state index contributed by atoms with van der Waals surface area (Å²) in [7, 11) is 0. The van der Waals surface area contributed by atoms with Gasteiger partial charge in [-0.1, -0.05) is 121 Å². The van der Waals surface area contributed by atoms with Gasteiger partial charge in [0.15, 0.2) is 0 Å². The van der Waals surface area contributed by atoms with Crippen LogP contribution in [0, 0.1) is 0 Å². The number of anilines is 1. The standard InChI is InChI=1S/C48H29N3OS/c1-2-12-28(13-3-1)37-25-31(26-39-38-24-29-14-4-5-15-30(29)27-42(38)52-46(37)39)44-36-18-6-9-19-40(36)49-48(50-44)51-41-20-10-7-16-32(41)34-22-23-35-33-17-8-11-21-43(33)53-47(35)45(34)51/h1-27,44H,(H,49,50). The molecular weight excluding hydrogens is 667 g/mol. The predicted octanol–water partition coefficient (Wildman–Crippen LogP) is 13.3. The minimum Gasteiger partial charge on any atom is -0.455 e. The molecule has 0 saturated heterocycles. The van der Waals surface area contributed by atoms with Crippen molar-refractivity contribution in [3.8, 4) is 11.1 Å². The van der Waals surface area contributed by atoms with Gasteiger partial charge in [-0.25, -0.2) is 4.99 Å². The van der Waals surface area contributed by atoms with E-state index in [2.05, 4.69) is 174 Å². The van der Waals surface area contributed by atoms with Crippen molar-refractivity contribution >= 4 is 97.7 Å². The highest BCUT2D eigenvalue weighted by Crippen LogP contribution is 2.45. The second-order valence-electron chi connectivity index (χ2n) is 14.0. The van der Waals surface area contributed by atoms with E-state index >= 15 is 0 Å². The molecule has 11 aromatic rings. The SMILES string of the molecule is c1ccc(-c2cc(C3N=C(n4c5ccccc5c5ccc6c7ccccc7sc6c54)Nc4ccccc43)cc3c2oc2cc4ccccc4cc23)cc1. The molecule has 1 aliphatic heterocycles. The van der Waals surface area contributed by atoms with Crippen LogP contribution in [-0.2, 0) is 0 Å². The van der Waals surface area contributed by atoms with E-state index in [0.717, 1.165) is 61.4 Å². The number of rotatable bonds is 2. The second-order valence-corrected chi connectivity index (χ2v) is 15.0. The first kappa shape index (κ1) is 28.9. The Kier molecular flexibility index (Phi) is 5.96. The van der Waals surface area contributed by atoms with E-state index in [1.165, 1.54) is 47.2 Å². The molecule has 0 aliphatic carbocycles. The summed E-state index contributed by atoms with van der Waals surface area (Å²) in [5.41, 5.74) is 9.59. The zero-order chi connectivity index (χ0) is 34.6. The van der Waals surface area contributed by atoms with Crippen molar-refractivity contribution in [3.05, 3.63) is 175 Å². The van der Waals surface area contributed by atoms with E-state index < -0.39 is 0 Å². The Morgan fingerprint density at radius 1 is 0.585 bits per heavy atom. The molecule has 1 unspecified atom stereocenters. The molecule has 0 amide bonds. The van der Waals surface area contributed by atoms with E-state index in [4.69, 9.17) is 9.41 Å². The number of nitrogens with one attached hydrogen (secondary N) is 1. The largest absolute Gasteiger partial charge is 0.455 e. The van der Waals surface area contributed by atoms with Crippen LogP contribution >= 0.6 is 11.3 Å². The summed E-state index contributed by atoms with van der Waals surface area (Å²) in [5.74, 6) is 0.814. The Balaban J connectivity index is 1.16. The minimum absolute atomic E-state index is 0.266. The molecule has 0 bridgehead atoms. The van der Waals surface area contributed by atoms with Crippen molar-refractivity contribution in [1.82, 2.24) is 4.57 Å². The van der Waals surface area contributed by atoms with E-state index in [-0.39, 0.29) is 6.04 Å². The molecule has 4 nitrogen and oxygen atoms in total. The fraction of sp³-hybridized carbons (Fsp3) is 0.0208. The molecule has 5 heteroatoms. The van der Waals surface area contributed by atoms with Gasteiger partial charge < -0.3 is 9.73 Å². The predicted molar refractivity (Wildman–Crippen MR) is 224 cm³/mol. The molecular formula is C48H29N3OS. The molecule has 1 aliphatic rings. The number of fused-ring (bicyclic) bond motifs is 12. The number of aliphatic imine (C=N–C) groups is 1. The summed E-state index contributed by atoms with van der Waals surface area (Å²) < 4.78 is 11.7. The first-order valence-corrected chi connectivity index (χ1v) is 18.8. The minimum atomic E-state index is -0.266. The average Bonchev–Trinajstić information content (AvgIpc) is 3.89. The van der Waals surface area contributed by atoms with Gasteiger partial charge in [0.1, 0.15) is 17.2 Å². The van der Waals surface area contributed by atoms with Crippen LogP contribution in [0.25, 0.3) is 85.8 Å². The molecule has 0 spiro atoms. The third-order valence-corrected chi connectivity index (χ3v) is 12.2. The van der Waals surface area contributed by atoms with Crippen LogP contribution < -0.4 is 5.32 Å². The maximum Gasteiger partial charge on any atom is 0.208 e. The number of nitrogens with zero attached hydrogens (tertiary/aromatic N) is 2. The van der Waals surface area contributed by atoms with E-state index in [1.807, 2.05) is 11.3 Å². The van der Waals surface area contributed by atoms with Gasteiger partial charge in [-0.15, -0.1) is 11.3 Å². The Bertz CT molecular complexity index is 3330. The van der Waals surface area contributed by atoms with Gasteiger partial charge >= 0.3 is 0 Å². The van der Waals surface area contributed by atoms with Gasteiger partial charge in [0, 0.05) is 53.8 Å². The Hall–Kier alpha value is -6.69. The van der Waals surface area contributed by atoms with Crippen molar-refractivity contribution in [3.63, 3.8) is 0 Å². The molecule has 3 aromatic heterocycles. The molecule has 1 atom stereocenters. The summed E-state index contributed by atoms with van der Waals surface area (Å²) in [4.78, 5) is 5.70. The fourth-order valence-corrected chi connectivity index (χ4v) is 9.83.